The molecule has 0 bridgehead atoms. The van der Waals surface area contributed by atoms with E-state index in [4.69, 9.17) is 0 Å². The molecule has 1 aliphatic carbocycles. The summed E-state index contributed by atoms with van der Waals surface area (Å²) in [4.78, 5) is 13.3. The Labute approximate surface area is 163 Å². The van der Waals surface area contributed by atoms with Crippen molar-refractivity contribution in [2.75, 3.05) is 6.26 Å². The molecule has 1 fully saturated rings. The molecule has 138 valence electrons. The van der Waals surface area contributed by atoms with Gasteiger partial charge in [0.2, 0.25) is 5.91 Å². The molecule has 2 aromatic rings. The van der Waals surface area contributed by atoms with Crippen LogP contribution in [0.15, 0.2) is 57.9 Å². The van der Waals surface area contributed by atoms with E-state index < -0.39 is 15.3 Å². The summed E-state index contributed by atoms with van der Waals surface area (Å²) in [6.07, 6.45) is 4.99. The second-order valence-electron chi connectivity index (χ2n) is 6.89. The van der Waals surface area contributed by atoms with Crippen LogP contribution < -0.4 is 5.32 Å². The number of halogens is 1. The van der Waals surface area contributed by atoms with Crippen LogP contribution in [0.5, 0.6) is 0 Å². The molecule has 0 aliphatic heterocycles. The molecular weight excluding hydrogens is 414 g/mol. The maximum atomic E-state index is 13.0. The Balaban J connectivity index is 1.74. The van der Waals surface area contributed by atoms with E-state index in [1.54, 1.807) is 24.3 Å². The molecule has 0 aromatic heterocycles. The lowest BCUT2D eigenvalue weighted by atomic mass is 9.78. The van der Waals surface area contributed by atoms with Gasteiger partial charge in [-0.3, -0.25) is 4.79 Å². The van der Waals surface area contributed by atoms with Gasteiger partial charge in [0.1, 0.15) is 0 Å². The highest BCUT2D eigenvalue weighted by Gasteiger charge is 2.42. The van der Waals surface area contributed by atoms with Crippen LogP contribution in [0.1, 0.15) is 36.8 Å². The normalized spacial score (nSPS) is 16.4. The number of rotatable bonds is 5. The molecule has 1 N–H and O–H groups in total. The first-order chi connectivity index (χ1) is 12.3. The maximum Gasteiger partial charge on any atom is 0.230 e. The SMILES string of the molecule is CS(=O)(=O)c1ccc(CNC(=O)C2(c3ccc(Br)cc3)CCCC2)cc1. The zero-order valence-corrected chi connectivity index (χ0v) is 17.1. The van der Waals surface area contributed by atoms with E-state index in [0.717, 1.165) is 41.3 Å². The van der Waals surface area contributed by atoms with Crippen molar-refractivity contribution < 1.29 is 13.2 Å². The number of carbonyl (C=O) groups excluding carboxylic acids is 1. The Hall–Kier alpha value is -1.66. The van der Waals surface area contributed by atoms with E-state index in [9.17, 15) is 13.2 Å². The average Bonchev–Trinajstić information content (AvgIpc) is 3.11. The zero-order valence-electron chi connectivity index (χ0n) is 14.7. The first-order valence-electron chi connectivity index (χ1n) is 8.65. The molecule has 0 spiro atoms. The van der Waals surface area contributed by atoms with Crippen molar-refractivity contribution in [2.45, 2.75) is 42.5 Å². The van der Waals surface area contributed by atoms with Crippen LogP contribution in [0.2, 0.25) is 0 Å². The first kappa shape index (κ1) is 19.1. The van der Waals surface area contributed by atoms with Crippen LogP contribution >= 0.6 is 15.9 Å². The van der Waals surface area contributed by atoms with Crippen LogP contribution in [0, 0.1) is 0 Å². The molecule has 6 heteroatoms. The zero-order chi connectivity index (χ0) is 18.8. The quantitative estimate of drug-likeness (QED) is 0.771. The molecule has 1 saturated carbocycles. The van der Waals surface area contributed by atoms with E-state index >= 15 is 0 Å². The lowest BCUT2D eigenvalue weighted by Crippen LogP contribution is -2.42. The first-order valence-corrected chi connectivity index (χ1v) is 11.3. The molecule has 26 heavy (non-hydrogen) atoms. The van der Waals surface area contributed by atoms with Gasteiger partial charge in [-0.05, 0) is 48.2 Å². The smallest absolute Gasteiger partial charge is 0.230 e. The van der Waals surface area contributed by atoms with Gasteiger partial charge >= 0.3 is 0 Å². The molecule has 0 heterocycles. The van der Waals surface area contributed by atoms with Crippen molar-refractivity contribution in [3.8, 4) is 0 Å². The van der Waals surface area contributed by atoms with E-state index in [0.29, 0.717) is 6.54 Å². The van der Waals surface area contributed by atoms with E-state index in [2.05, 4.69) is 21.2 Å². The fourth-order valence-electron chi connectivity index (χ4n) is 3.60. The number of hydrogen-bond donors (Lipinski definition) is 1. The Morgan fingerprint density at radius 3 is 2.15 bits per heavy atom. The average molecular weight is 436 g/mol. The van der Waals surface area contributed by atoms with E-state index in [1.165, 1.54) is 6.26 Å². The fourth-order valence-corrected chi connectivity index (χ4v) is 4.50. The number of benzene rings is 2. The molecule has 0 radical (unpaired) electrons. The Kier molecular flexibility index (Phi) is 5.53. The van der Waals surface area contributed by atoms with Gasteiger partial charge in [-0.15, -0.1) is 0 Å². The van der Waals surface area contributed by atoms with Crippen LogP contribution in [0.4, 0.5) is 0 Å². The predicted octanol–water partition coefficient (Wildman–Crippen LogP) is 3.98. The summed E-state index contributed by atoms with van der Waals surface area (Å²) < 4.78 is 24.1. The minimum Gasteiger partial charge on any atom is -0.351 e. The molecule has 0 atom stereocenters. The molecule has 1 amide bonds. The third-order valence-electron chi connectivity index (χ3n) is 5.09. The highest BCUT2D eigenvalue weighted by Crippen LogP contribution is 2.41. The molecule has 4 nitrogen and oxygen atoms in total. The van der Waals surface area contributed by atoms with Crippen LogP contribution in [0.3, 0.4) is 0 Å². The third-order valence-corrected chi connectivity index (χ3v) is 6.75. The van der Waals surface area contributed by atoms with Crippen LogP contribution in [-0.2, 0) is 26.6 Å². The number of nitrogens with one attached hydrogen (secondary N) is 1. The summed E-state index contributed by atoms with van der Waals surface area (Å²) in [5.74, 6) is 0.0458. The Morgan fingerprint density at radius 1 is 1.04 bits per heavy atom. The van der Waals surface area contributed by atoms with Gasteiger partial charge in [0, 0.05) is 17.3 Å². The molecule has 3 rings (SSSR count). The molecule has 2 aromatic carbocycles. The van der Waals surface area contributed by atoms with E-state index in [-0.39, 0.29) is 10.8 Å². The highest BCUT2D eigenvalue weighted by atomic mass is 79.9. The molecule has 1 aliphatic rings. The topological polar surface area (TPSA) is 63.2 Å². The summed E-state index contributed by atoms with van der Waals surface area (Å²) in [6.45, 7) is 0.390. The van der Waals surface area contributed by atoms with Gasteiger partial charge < -0.3 is 5.32 Å². The van der Waals surface area contributed by atoms with Crippen molar-refractivity contribution in [3.05, 3.63) is 64.1 Å². The number of hydrogen-bond acceptors (Lipinski definition) is 3. The lowest BCUT2D eigenvalue weighted by Gasteiger charge is -2.28. The molecule has 0 unspecified atom stereocenters. The van der Waals surface area contributed by atoms with Gasteiger partial charge in [-0.2, -0.15) is 0 Å². The number of carbonyl (C=O) groups is 1. The summed E-state index contributed by atoms with van der Waals surface area (Å²) in [6, 6.07) is 14.7. The van der Waals surface area contributed by atoms with Crippen molar-refractivity contribution in [1.29, 1.82) is 0 Å². The number of sulfone groups is 1. The predicted molar refractivity (Wildman–Crippen MR) is 106 cm³/mol. The molecular formula is C20H22BrNO3S. The van der Waals surface area contributed by atoms with Crippen molar-refractivity contribution in [3.63, 3.8) is 0 Å². The van der Waals surface area contributed by atoms with Crippen molar-refractivity contribution in [1.82, 2.24) is 5.32 Å². The summed E-state index contributed by atoms with van der Waals surface area (Å²) in [5, 5.41) is 3.05. The van der Waals surface area contributed by atoms with Crippen molar-refractivity contribution in [2.24, 2.45) is 0 Å². The van der Waals surface area contributed by atoms with Gasteiger partial charge in [0.05, 0.1) is 10.3 Å². The second-order valence-corrected chi connectivity index (χ2v) is 9.83. The Morgan fingerprint density at radius 2 is 1.62 bits per heavy atom. The van der Waals surface area contributed by atoms with Crippen LogP contribution in [-0.4, -0.2) is 20.6 Å². The molecule has 0 saturated heterocycles. The minimum atomic E-state index is -3.20. The van der Waals surface area contributed by atoms with Crippen LogP contribution in [0.25, 0.3) is 0 Å². The van der Waals surface area contributed by atoms with Gasteiger partial charge in [0.25, 0.3) is 0 Å². The second kappa shape index (κ2) is 7.53. The van der Waals surface area contributed by atoms with E-state index in [1.807, 2.05) is 24.3 Å². The summed E-state index contributed by atoms with van der Waals surface area (Å²) >= 11 is 3.45. The standard InChI is InChI=1S/C20H22BrNO3S/c1-26(24,25)18-10-4-15(5-11-18)14-22-19(23)20(12-2-3-13-20)16-6-8-17(21)9-7-16/h4-11H,2-3,12-14H2,1H3,(H,22,23). The van der Waals surface area contributed by atoms with Gasteiger partial charge in [0.15, 0.2) is 9.84 Å². The third kappa shape index (κ3) is 4.01. The lowest BCUT2D eigenvalue weighted by molar-refractivity contribution is -0.126. The van der Waals surface area contributed by atoms with Crippen molar-refractivity contribution >= 4 is 31.7 Å². The monoisotopic (exact) mass is 435 g/mol. The summed E-state index contributed by atoms with van der Waals surface area (Å²) in [7, 11) is -3.20. The van der Waals surface area contributed by atoms with Gasteiger partial charge in [-0.1, -0.05) is 53.0 Å². The minimum absolute atomic E-state index is 0.0458. The fraction of sp³-hybridized carbons (Fsp3) is 0.350. The maximum absolute atomic E-state index is 13.0. The summed E-state index contributed by atoms with van der Waals surface area (Å²) in [5.41, 5.74) is 1.48. The number of amides is 1. The largest absolute Gasteiger partial charge is 0.351 e. The Bertz CT molecular complexity index is 884. The highest BCUT2D eigenvalue weighted by molar-refractivity contribution is 9.10. The van der Waals surface area contributed by atoms with Gasteiger partial charge in [-0.25, -0.2) is 8.42 Å².